The molecule has 3 aromatic rings. The van der Waals surface area contributed by atoms with E-state index in [2.05, 4.69) is 15.3 Å². The van der Waals surface area contributed by atoms with Gasteiger partial charge < -0.3 is 14.8 Å². The number of methoxy groups -OCH3 is 1. The van der Waals surface area contributed by atoms with E-state index in [1.165, 1.54) is 7.11 Å². The van der Waals surface area contributed by atoms with Gasteiger partial charge in [-0.05, 0) is 50.2 Å². The minimum absolute atomic E-state index is 0.297. The van der Waals surface area contributed by atoms with Crippen LogP contribution < -0.4 is 10.1 Å². The fourth-order valence-corrected chi connectivity index (χ4v) is 2.77. The zero-order chi connectivity index (χ0) is 20.3. The van der Waals surface area contributed by atoms with E-state index in [4.69, 9.17) is 21.1 Å². The molecule has 0 fully saturated rings. The molecule has 0 bridgehead atoms. The van der Waals surface area contributed by atoms with Gasteiger partial charge in [-0.1, -0.05) is 11.6 Å². The van der Waals surface area contributed by atoms with E-state index in [0.29, 0.717) is 33.1 Å². The highest BCUT2D eigenvalue weighted by molar-refractivity contribution is 6.32. The zero-order valence-corrected chi connectivity index (χ0v) is 16.3. The number of nitrogens with zero attached hydrogens (tertiary/aromatic N) is 2. The van der Waals surface area contributed by atoms with Crippen molar-refractivity contribution in [2.45, 2.75) is 13.8 Å². The van der Waals surface area contributed by atoms with Crippen molar-refractivity contribution >= 4 is 40.2 Å². The number of aryl methyl sites for hydroxylation is 2. The maximum absolute atomic E-state index is 12.2. The molecule has 0 aliphatic carbocycles. The Morgan fingerprint density at radius 3 is 2.43 bits per heavy atom. The lowest BCUT2D eigenvalue weighted by Crippen LogP contribution is -2.21. The summed E-state index contributed by atoms with van der Waals surface area (Å²) in [5, 5.41) is 2.97. The summed E-state index contributed by atoms with van der Waals surface area (Å²) in [5.41, 5.74) is 3.67. The van der Waals surface area contributed by atoms with Crippen molar-refractivity contribution in [1.29, 1.82) is 0 Å². The standard InChI is InChI=1S/C20H18ClN3O4/c1-11-12(2)23-17-8-13(4-6-16(17)22-11)20(26)28-10-19(25)24-14-5-7-18(27-3)15(21)9-14/h4-9H,10H2,1-3H3,(H,24,25). The number of nitrogens with one attached hydrogen (secondary N) is 1. The summed E-state index contributed by atoms with van der Waals surface area (Å²) in [7, 11) is 1.50. The Morgan fingerprint density at radius 1 is 1.04 bits per heavy atom. The molecular weight excluding hydrogens is 382 g/mol. The van der Waals surface area contributed by atoms with Crippen molar-refractivity contribution in [3.05, 3.63) is 58.4 Å². The number of fused-ring (bicyclic) bond motifs is 1. The number of hydrogen-bond acceptors (Lipinski definition) is 6. The summed E-state index contributed by atoms with van der Waals surface area (Å²) >= 11 is 6.02. The summed E-state index contributed by atoms with van der Waals surface area (Å²) in [6.45, 7) is 3.29. The Kier molecular flexibility index (Phi) is 5.75. The smallest absolute Gasteiger partial charge is 0.338 e. The lowest BCUT2D eigenvalue weighted by molar-refractivity contribution is -0.119. The summed E-state index contributed by atoms with van der Waals surface area (Å²) < 4.78 is 10.1. The highest BCUT2D eigenvalue weighted by atomic mass is 35.5. The van der Waals surface area contributed by atoms with Crippen LogP contribution in [0, 0.1) is 13.8 Å². The lowest BCUT2D eigenvalue weighted by Gasteiger charge is -2.09. The Morgan fingerprint density at radius 2 is 1.75 bits per heavy atom. The van der Waals surface area contributed by atoms with Crippen LogP contribution >= 0.6 is 11.6 Å². The summed E-state index contributed by atoms with van der Waals surface area (Å²) in [6, 6.07) is 9.70. The normalized spacial score (nSPS) is 10.6. The molecule has 0 radical (unpaired) electrons. The van der Waals surface area contributed by atoms with E-state index >= 15 is 0 Å². The molecule has 0 saturated carbocycles. The van der Waals surface area contributed by atoms with Crippen LogP contribution in [0.3, 0.4) is 0 Å². The first kappa shape index (κ1) is 19.6. The SMILES string of the molecule is COc1ccc(NC(=O)COC(=O)c2ccc3nc(C)c(C)nc3c2)cc1Cl. The van der Waals surface area contributed by atoms with Crippen LogP contribution in [-0.2, 0) is 9.53 Å². The third-order valence-electron chi connectivity index (χ3n) is 4.08. The van der Waals surface area contributed by atoms with Crippen molar-refractivity contribution in [3.63, 3.8) is 0 Å². The molecule has 144 valence electrons. The Balaban J connectivity index is 1.63. The van der Waals surface area contributed by atoms with E-state index in [0.717, 1.165) is 11.4 Å². The van der Waals surface area contributed by atoms with Gasteiger partial charge in [-0.2, -0.15) is 0 Å². The molecule has 0 spiro atoms. The van der Waals surface area contributed by atoms with Crippen molar-refractivity contribution in [2.24, 2.45) is 0 Å². The maximum Gasteiger partial charge on any atom is 0.338 e. The molecule has 0 aliphatic rings. The molecular formula is C20H18ClN3O4. The number of esters is 1. The van der Waals surface area contributed by atoms with Gasteiger partial charge in [-0.25, -0.2) is 14.8 Å². The summed E-state index contributed by atoms with van der Waals surface area (Å²) in [6.07, 6.45) is 0. The second-order valence-corrected chi connectivity index (χ2v) is 6.48. The summed E-state index contributed by atoms with van der Waals surface area (Å²) in [5.74, 6) is -0.609. The Hall–Kier alpha value is -3.19. The third kappa shape index (κ3) is 4.37. The van der Waals surface area contributed by atoms with Crippen LogP contribution in [0.4, 0.5) is 5.69 Å². The summed E-state index contributed by atoms with van der Waals surface area (Å²) in [4.78, 5) is 33.1. The number of rotatable bonds is 5. The van der Waals surface area contributed by atoms with Crippen LogP contribution in [0.25, 0.3) is 11.0 Å². The number of halogens is 1. The fourth-order valence-electron chi connectivity index (χ4n) is 2.51. The zero-order valence-electron chi connectivity index (χ0n) is 15.6. The minimum atomic E-state index is -0.621. The minimum Gasteiger partial charge on any atom is -0.495 e. The molecule has 28 heavy (non-hydrogen) atoms. The third-order valence-corrected chi connectivity index (χ3v) is 4.38. The van der Waals surface area contributed by atoms with Crippen molar-refractivity contribution in [1.82, 2.24) is 9.97 Å². The Labute approximate surface area is 166 Å². The molecule has 1 aromatic heterocycles. The molecule has 3 rings (SSSR count). The maximum atomic E-state index is 12.2. The molecule has 1 N–H and O–H groups in total. The van der Waals surface area contributed by atoms with Crippen LogP contribution in [-0.4, -0.2) is 35.6 Å². The van der Waals surface area contributed by atoms with Gasteiger partial charge in [0, 0.05) is 5.69 Å². The molecule has 0 aliphatic heterocycles. The van der Waals surface area contributed by atoms with Gasteiger partial charge in [0.2, 0.25) is 0 Å². The molecule has 0 atom stereocenters. The van der Waals surface area contributed by atoms with Crippen molar-refractivity contribution in [3.8, 4) is 5.75 Å². The number of benzene rings is 2. The van der Waals surface area contributed by atoms with Crippen molar-refractivity contribution in [2.75, 3.05) is 19.0 Å². The predicted molar refractivity (Wildman–Crippen MR) is 106 cm³/mol. The number of carbonyl (C=O) groups excluding carboxylic acids is 2. The molecule has 1 amide bonds. The highest BCUT2D eigenvalue weighted by Crippen LogP contribution is 2.27. The number of carbonyl (C=O) groups is 2. The molecule has 8 heteroatoms. The molecule has 0 unspecified atom stereocenters. The first-order chi connectivity index (χ1) is 13.4. The van der Waals surface area contributed by atoms with E-state index < -0.39 is 18.5 Å². The first-order valence-electron chi connectivity index (χ1n) is 8.43. The topological polar surface area (TPSA) is 90.4 Å². The van der Waals surface area contributed by atoms with Crippen LogP contribution in [0.5, 0.6) is 5.75 Å². The molecule has 1 heterocycles. The van der Waals surface area contributed by atoms with Gasteiger partial charge >= 0.3 is 5.97 Å². The number of amides is 1. The molecule has 0 saturated heterocycles. The van der Waals surface area contributed by atoms with Gasteiger partial charge in [0.1, 0.15) is 5.75 Å². The highest BCUT2D eigenvalue weighted by Gasteiger charge is 2.13. The second kappa shape index (κ2) is 8.22. The lowest BCUT2D eigenvalue weighted by atomic mass is 10.2. The average molecular weight is 400 g/mol. The number of aromatic nitrogens is 2. The quantitative estimate of drug-likeness (QED) is 0.658. The number of ether oxygens (including phenoxy) is 2. The number of hydrogen-bond donors (Lipinski definition) is 1. The van der Waals surface area contributed by atoms with Gasteiger partial charge in [-0.3, -0.25) is 4.79 Å². The van der Waals surface area contributed by atoms with Gasteiger partial charge in [-0.15, -0.1) is 0 Å². The predicted octanol–water partition coefficient (Wildman–Crippen LogP) is 3.70. The Bertz CT molecular complexity index is 1070. The molecule has 2 aromatic carbocycles. The average Bonchev–Trinajstić information content (AvgIpc) is 2.67. The van der Waals surface area contributed by atoms with Gasteiger partial charge in [0.15, 0.2) is 6.61 Å². The van der Waals surface area contributed by atoms with E-state index in [9.17, 15) is 9.59 Å². The van der Waals surface area contributed by atoms with Gasteiger partial charge in [0.05, 0.1) is 40.1 Å². The van der Waals surface area contributed by atoms with Crippen molar-refractivity contribution < 1.29 is 19.1 Å². The second-order valence-electron chi connectivity index (χ2n) is 6.07. The van der Waals surface area contributed by atoms with Gasteiger partial charge in [0.25, 0.3) is 5.91 Å². The first-order valence-corrected chi connectivity index (χ1v) is 8.80. The number of anilines is 1. The monoisotopic (exact) mass is 399 g/mol. The van der Waals surface area contributed by atoms with E-state index in [1.54, 1.807) is 36.4 Å². The van der Waals surface area contributed by atoms with Crippen LogP contribution in [0.15, 0.2) is 36.4 Å². The van der Waals surface area contributed by atoms with E-state index in [-0.39, 0.29) is 0 Å². The van der Waals surface area contributed by atoms with Crippen LogP contribution in [0.1, 0.15) is 21.7 Å². The molecule has 7 nitrogen and oxygen atoms in total. The van der Waals surface area contributed by atoms with Crippen LogP contribution in [0.2, 0.25) is 5.02 Å². The largest absolute Gasteiger partial charge is 0.495 e. The van der Waals surface area contributed by atoms with E-state index in [1.807, 2.05) is 13.8 Å². The fraction of sp³-hybridized carbons (Fsp3) is 0.200.